The molecule has 0 aromatic heterocycles. The number of hydrogen-bond donors (Lipinski definition) is 1. The molecule has 0 saturated carbocycles. The number of ketones is 1. The van der Waals surface area contributed by atoms with Crippen molar-refractivity contribution >= 4 is 17.2 Å². The van der Waals surface area contributed by atoms with Crippen molar-refractivity contribution in [3.05, 3.63) is 35.9 Å². The van der Waals surface area contributed by atoms with Gasteiger partial charge in [0.1, 0.15) is 0 Å². The van der Waals surface area contributed by atoms with Crippen LogP contribution in [0.3, 0.4) is 0 Å². The Labute approximate surface area is 106 Å². The molecule has 0 radical (unpaired) electrons. The van der Waals surface area contributed by atoms with E-state index in [9.17, 15) is 4.79 Å². The zero-order chi connectivity index (χ0) is 12.4. The van der Waals surface area contributed by atoms with Crippen molar-refractivity contribution in [1.82, 2.24) is 5.32 Å². The highest BCUT2D eigenvalue weighted by molar-refractivity contribution is 6.19. The molecule has 1 aromatic rings. The summed E-state index contributed by atoms with van der Waals surface area (Å²) in [4.78, 5) is 11.8. The zero-order valence-corrected chi connectivity index (χ0v) is 10.1. The summed E-state index contributed by atoms with van der Waals surface area (Å²) in [7, 11) is 0. The zero-order valence-electron chi connectivity index (χ0n) is 10.1. The van der Waals surface area contributed by atoms with Gasteiger partial charge in [0.05, 0.1) is 17.5 Å². The van der Waals surface area contributed by atoms with Gasteiger partial charge in [-0.3, -0.25) is 4.79 Å². The van der Waals surface area contributed by atoms with Crippen molar-refractivity contribution in [2.75, 3.05) is 6.54 Å². The number of hydrogen-bond acceptors (Lipinski definition) is 4. The Morgan fingerprint density at radius 1 is 1.28 bits per heavy atom. The van der Waals surface area contributed by atoms with Gasteiger partial charge in [-0.05, 0) is 18.5 Å². The van der Waals surface area contributed by atoms with Gasteiger partial charge in [0, 0.05) is 12.8 Å². The number of rotatable bonds is 4. The third-order valence-electron chi connectivity index (χ3n) is 3.38. The molecule has 1 aromatic carbocycles. The number of benzene rings is 1. The lowest BCUT2D eigenvalue weighted by Gasteiger charge is -2.25. The standard InChI is InChI=1S/C14H15N3O/c18-14(12-6-7-15-12)9-11-8-13(17-16-11)10-4-2-1-3-5-10/h1-5,12,15H,6-9H2/t12-/m0/s1. The number of Topliss-reactive ketones (excluding diaryl/α,β-unsaturated/α-hetero) is 1. The van der Waals surface area contributed by atoms with E-state index in [0.29, 0.717) is 12.8 Å². The largest absolute Gasteiger partial charge is 0.307 e. The third kappa shape index (κ3) is 2.24. The molecule has 0 aliphatic carbocycles. The molecule has 2 aliphatic heterocycles. The summed E-state index contributed by atoms with van der Waals surface area (Å²) in [5, 5.41) is 11.4. The monoisotopic (exact) mass is 241 g/mol. The average molecular weight is 241 g/mol. The minimum Gasteiger partial charge on any atom is -0.307 e. The van der Waals surface area contributed by atoms with Crippen molar-refractivity contribution in [1.29, 1.82) is 0 Å². The molecule has 0 bridgehead atoms. The van der Waals surface area contributed by atoms with Crippen LogP contribution in [0.1, 0.15) is 24.8 Å². The maximum absolute atomic E-state index is 11.8. The molecule has 1 saturated heterocycles. The Morgan fingerprint density at radius 2 is 2.06 bits per heavy atom. The first-order valence-electron chi connectivity index (χ1n) is 6.27. The lowest BCUT2D eigenvalue weighted by Crippen LogP contribution is -2.48. The number of carbonyl (C=O) groups excluding carboxylic acids is 1. The second-order valence-electron chi connectivity index (χ2n) is 4.69. The van der Waals surface area contributed by atoms with E-state index in [2.05, 4.69) is 15.5 Å². The SMILES string of the molecule is O=C(CC1=NN=C(c2ccccc2)C1)[C@@H]1CCN1. The maximum Gasteiger partial charge on any atom is 0.155 e. The van der Waals surface area contributed by atoms with Crippen molar-refractivity contribution in [3.8, 4) is 0 Å². The molecule has 1 atom stereocenters. The van der Waals surface area contributed by atoms with Crippen LogP contribution in [0.5, 0.6) is 0 Å². The first kappa shape index (κ1) is 11.3. The van der Waals surface area contributed by atoms with Gasteiger partial charge in [-0.2, -0.15) is 10.2 Å². The van der Waals surface area contributed by atoms with Crippen LogP contribution in [-0.2, 0) is 4.79 Å². The summed E-state index contributed by atoms with van der Waals surface area (Å²) in [6.07, 6.45) is 2.08. The van der Waals surface area contributed by atoms with Gasteiger partial charge in [0.2, 0.25) is 0 Å². The van der Waals surface area contributed by atoms with E-state index >= 15 is 0 Å². The molecule has 4 heteroatoms. The fraction of sp³-hybridized carbons (Fsp3) is 0.357. The first-order valence-corrected chi connectivity index (χ1v) is 6.27. The van der Waals surface area contributed by atoms with Crippen molar-refractivity contribution < 1.29 is 4.79 Å². The molecule has 2 heterocycles. The Bertz CT molecular complexity index is 515. The quantitative estimate of drug-likeness (QED) is 0.869. The van der Waals surface area contributed by atoms with Gasteiger partial charge in [-0.15, -0.1) is 0 Å². The molecule has 0 amide bonds. The molecular formula is C14H15N3O. The van der Waals surface area contributed by atoms with E-state index in [4.69, 9.17) is 0 Å². The average Bonchev–Trinajstić information content (AvgIpc) is 2.76. The molecule has 1 N–H and O–H groups in total. The van der Waals surface area contributed by atoms with Crippen LogP contribution in [0.2, 0.25) is 0 Å². The highest BCUT2D eigenvalue weighted by Gasteiger charge is 2.26. The van der Waals surface area contributed by atoms with Crippen LogP contribution in [0.4, 0.5) is 0 Å². The molecule has 0 spiro atoms. The number of carbonyl (C=O) groups is 1. The second-order valence-corrected chi connectivity index (χ2v) is 4.69. The predicted molar refractivity (Wildman–Crippen MR) is 71.1 cm³/mol. The minimum absolute atomic E-state index is 0.0495. The third-order valence-corrected chi connectivity index (χ3v) is 3.38. The van der Waals surface area contributed by atoms with Crippen molar-refractivity contribution in [2.24, 2.45) is 10.2 Å². The van der Waals surface area contributed by atoms with Gasteiger partial charge >= 0.3 is 0 Å². The number of nitrogens with one attached hydrogen (secondary N) is 1. The van der Waals surface area contributed by atoms with E-state index in [1.165, 1.54) is 0 Å². The Morgan fingerprint density at radius 3 is 2.72 bits per heavy atom. The van der Waals surface area contributed by atoms with Gasteiger partial charge in [-0.1, -0.05) is 30.3 Å². The lowest BCUT2D eigenvalue weighted by atomic mass is 9.96. The van der Waals surface area contributed by atoms with Gasteiger partial charge in [-0.25, -0.2) is 0 Å². The van der Waals surface area contributed by atoms with E-state index in [0.717, 1.165) is 30.0 Å². The fourth-order valence-electron chi connectivity index (χ4n) is 2.17. The summed E-state index contributed by atoms with van der Waals surface area (Å²) in [6, 6.07) is 10.0. The smallest absolute Gasteiger partial charge is 0.155 e. The van der Waals surface area contributed by atoms with E-state index in [-0.39, 0.29) is 11.8 Å². The fourth-order valence-corrected chi connectivity index (χ4v) is 2.17. The van der Waals surface area contributed by atoms with Gasteiger partial charge in [0.25, 0.3) is 0 Å². The van der Waals surface area contributed by atoms with Crippen LogP contribution in [-0.4, -0.2) is 29.8 Å². The maximum atomic E-state index is 11.8. The number of nitrogens with zero attached hydrogens (tertiary/aromatic N) is 2. The molecule has 1 fully saturated rings. The summed E-state index contributed by atoms with van der Waals surface area (Å²) < 4.78 is 0. The summed E-state index contributed by atoms with van der Waals surface area (Å²) in [5.74, 6) is 0.240. The summed E-state index contributed by atoms with van der Waals surface area (Å²) >= 11 is 0. The van der Waals surface area contributed by atoms with E-state index in [1.54, 1.807) is 0 Å². The highest BCUT2D eigenvalue weighted by atomic mass is 16.1. The Kier molecular flexibility index (Phi) is 3.02. The van der Waals surface area contributed by atoms with Gasteiger partial charge < -0.3 is 5.32 Å². The molecule has 92 valence electrons. The Balaban J connectivity index is 1.58. The molecule has 18 heavy (non-hydrogen) atoms. The van der Waals surface area contributed by atoms with Crippen LogP contribution < -0.4 is 5.32 Å². The molecule has 4 nitrogen and oxygen atoms in total. The normalized spacial score (nSPS) is 22.1. The van der Waals surface area contributed by atoms with Crippen molar-refractivity contribution in [3.63, 3.8) is 0 Å². The van der Waals surface area contributed by atoms with Crippen LogP contribution in [0, 0.1) is 0 Å². The van der Waals surface area contributed by atoms with E-state index < -0.39 is 0 Å². The van der Waals surface area contributed by atoms with Gasteiger partial charge in [0.15, 0.2) is 5.78 Å². The van der Waals surface area contributed by atoms with Crippen LogP contribution in [0.25, 0.3) is 0 Å². The van der Waals surface area contributed by atoms with Crippen molar-refractivity contribution in [2.45, 2.75) is 25.3 Å². The molecule has 2 aliphatic rings. The Hall–Kier alpha value is -1.81. The topological polar surface area (TPSA) is 53.8 Å². The van der Waals surface area contributed by atoms with Crippen LogP contribution >= 0.6 is 0 Å². The second kappa shape index (κ2) is 4.82. The van der Waals surface area contributed by atoms with Crippen LogP contribution in [0.15, 0.2) is 40.5 Å². The summed E-state index contributed by atoms with van der Waals surface area (Å²) in [6.45, 7) is 0.953. The predicted octanol–water partition coefficient (Wildman–Crippen LogP) is 1.56. The first-order chi connectivity index (χ1) is 8.83. The van der Waals surface area contributed by atoms with E-state index in [1.807, 2.05) is 30.3 Å². The minimum atomic E-state index is 0.0495. The summed E-state index contributed by atoms with van der Waals surface area (Å²) in [5.41, 5.74) is 2.93. The lowest BCUT2D eigenvalue weighted by molar-refractivity contribution is -0.121. The molecule has 3 rings (SSSR count). The highest BCUT2D eigenvalue weighted by Crippen LogP contribution is 2.15. The molecular weight excluding hydrogens is 226 g/mol. The molecule has 0 unspecified atom stereocenters.